The van der Waals surface area contributed by atoms with Crippen LogP contribution in [-0.4, -0.2) is 6.04 Å². The normalized spacial score (nSPS) is 10.1. The molecule has 0 fully saturated rings. The van der Waals surface area contributed by atoms with Crippen LogP contribution in [0.4, 0.5) is 4.39 Å². The highest BCUT2D eigenvalue weighted by Gasteiger charge is 2.11. The Labute approximate surface area is 84.8 Å². The summed E-state index contributed by atoms with van der Waals surface area (Å²) in [5.74, 6) is 0. The SMILES string of the molecule is O=C(F)c1ccccc1-c1cccs1. The first-order valence-corrected chi connectivity index (χ1v) is 5.00. The zero-order chi connectivity index (χ0) is 9.97. The first kappa shape index (κ1) is 9.09. The monoisotopic (exact) mass is 206 g/mol. The third kappa shape index (κ3) is 1.59. The summed E-state index contributed by atoms with van der Waals surface area (Å²) in [6, 6.07) is 9.06. The lowest BCUT2D eigenvalue weighted by atomic mass is 10.1. The van der Waals surface area contributed by atoms with Crippen molar-refractivity contribution < 1.29 is 9.18 Å². The Kier molecular flexibility index (Phi) is 2.41. The van der Waals surface area contributed by atoms with E-state index < -0.39 is 6.04 Å². The predicted molar refractivity (Wildman–Crippen MR) is 55.2 cm³/mol. The molecule has 0 saturated heterocycles. The molecule has 1 nitrogen and oxygen atoms in total. The Morgan fingerprint density at radius 3 is 2.57 bits per heavy atom. The van der Waals surface area contributed by atoms with E-state index in [1.807, 2.05) is 17.5 Å². The molecule has 0 unspecified atom stereocenters. The molecule has 0 N–H and O–H groups in total. The van der Waals surface area contributed by atoms with Crippen molar-refractivity contribution in [2.24, 2.45) is 0 Å². The number of halogens is 1. The Morgan fingerprint density at radius 2 is 1.93 bits per heavy atom. The van der Waals surface area contributed by atoms with E-state index in [2.05, 4.69) is 0 Å². The first-order chi connectivity index (χ1) is 6.79. The van der Waals surface area contributed by atoms with E-state index in [4.69, 9.17) is 0 Å². The highest BCUT2D eigenvalue weighted by molar-refractivity contribution is 7.13. The number of rotatable bonds is 2. The molecule has 1 heterocycles. The van der Waals surface area contributed by atoms with Crippen LogP contribution in [0.15, 0.2) is 41.8 Å². The fraction of sp³-hybridized carbons (Fsp3) is 0. The van der Waals surface area contributed by atoms with E-state index in [-0.39, 0.29) is 5.56 Å². The second-order valence-corrected chi connectivity index (χ2v) is 3.74. The number of hydrogen-bond acceptors (Lipinski definition) is 2. The molecule has 0 saturated carbocycles. The summed E-state index contributed by atoms with van der Waals surface area (Å²) in [5.41, 5.74) is 0.796. The highest BCUT2D eigenvalue weighted by atomic mass is 32.1. The van der Waals surface area contributed by atoms with E-state index in [0.29, 0.717) is 5.56 Å². The lowest BCUT2D eigenvalue weighted by molar-refractivity contribution is 0.0836. The molecule has 0 aliphatic rings. The van der Waals surface area contributed by atoms with Crippen LogP contribution in [-0.2, 0) is 0 Å². The number of hydrogen-bond donors (Lipinski definition) is 0. The third-order valence-corrected chi connectivity index (χ3v) is 2.83. The average Bonchev–Trinajstić information content (AvgIpc) is 2.70. The van der Waals surface area contributed by atoms with Crippen molar-refractivity contribution >= 4 is 17.4 Å². The van der Waals surface area contributed by atoms with Crippen LogP contribution >= 0.6 is 11.3 Å². The van der Waals surface area contributed by atoms with Gasteiger partial charge >= 0.3 is 6.04 Å². The molecular weight excluding hydrogens is 199 g/mol. The molecule has 14 heavy (non-hydrogen) atoms. The topological polar surface area (TPSA) is 17.1 Å². The number of carbonyl (C=O) groups excluding carboxylic acids is 1. The molecule has 0 bridgehead atoms. The summed E-state index contributed by atoms with van der Waals surface area (Å²) >= 11 is 1.49. The van der Waals surface area contributed by atoms with Gasteiger partial charge in [0, 0.05) is 10.4 Å². The second-order valence-electron chi connectivity index (χ2n) is 2.80. The summed E-state index contributed by atoms with van der Waals surface area (Å²) in [6.45, 7) is 0. The van der Waals surface area contributed by atoms with Crippen molar-refractivity contribution in [1.29, 1.82) is 0 Å². The minimum absolute atomic E-state index is 0.134. The van der Waals surface area contributed by atoms with Crippen molar-refractivity contribution in [2.45, 2.75) is 0 Å². The van der Waals surface area contributed by atoms with E-state index in [1.54, 1.807) is 18.2 Å². The molecule has 0 aliphatic heterocycles. The molecular formula is C11H7FOS. The Hall–Kier alpha value is -1.48. The van der Waals surface area contributed by atoms with Crippen molar-refractivity contribution in [3.8, 4) is 10.4 Å². The van der Waals surface area contributed by atoms with Gasteiger partial charge in [-0.15, -0.1) is 11.3 Å². The molecule has 1 aromatic carbocycles. The van der Waals surface area contributed by atoms with Gasteiger partial charge < -0.3 is 0 Å². The van der Waals surface area contributed by atoms with E-state index >= 15 is 0 Å². The molecule has 3 heteroatoms. The Morgan fingerprint density at radius 1 is 1.14 bits per heavy atom. The summed E-state index contributed by atoms with van der Waals surface area (Å²) in [6.07, 6.45) is 0. The number of benzene rings is 1. The molecule has 0 spiro atoms. The van der Waals surface area contributed by atoms with Gasteiger partial charge in [0.05, 0.1) is 5.56 Å². The van der Waals surface area contributed by atoms with Crippen LogP contribution in [0.25, 0.3) is 10.4 Å². The first-order valence-electron chi connectivity index (χ1n) is 4.12. The van der Waals surface area contributed by atoms with Crippen LogP contribution in [0.3, 0.4) is 0 Å². The second kappa shape index (κ2) is 3.72. The smallest absolute Gasteiger partial charge is 0.255 e. The fourth-order valence-electron chi connectivity index (χ4n) is 1.30. The van der Waals surface area contributed by atoms with Crippen molar-refractivity contribution in [3.05, 3.63) is 47.3 Å². The van der Waals surface area contributed by atoms with Crippen molar-refractivity contribution in [2.75, 3.05) is 0 Å². The lowest BCUT2D eigenvalue weighted by Gasteiger charge is -2.01. The summed E-state index contributed by atoms with van der Waals surface area (Å²) in [7, 11) is 0. The van der Waals surface area contributed by atoms with Crippen LogP contribution in [0.5, 0.6) is 0 Å². The van der Waals surface area contributed by atoms with Gasteiger partial charge in [0.15, 0.2) is 0 Å². The van der Waals surface area contributed by atoms with Gasteiger partial charge in [0.1, 0.15) is 0 Å². The van der Waals surface area contributed by atoms with Gasteiger partial charge in [0.25, 0.3) is 0 Å². The summed E-state index contributed by atoms with van der Waals surface area (Å²) < 4.78 is 12.7. The van der Waals surface area contributed by atoms with Gasteiger partial charge in [0.2, 0.25) is 0 Å². The molecule has 0 amide bonds. The minimum atomic E-state index is -1.38. The minimum Gasteiger partial charge on any atom is -0.255 e. The zero-order valence-electron chi connectivity index (χ0n) is 7.24. The van der Waals surface area contributed by atoms with E-state index in [0.717, 1.165) is 4.88 Å². The van der Waals surface area contributed by atoms with Crippen LogP contribution in [0.1, 0.15) is 10.4 Å². The molecule has 1 aromatic heterocycles. The molecule has 2 aromatic rings. The van der Waals surface area contributed by atoms with Crippen LogP contribution < -0.4 is 0 Å². The van der Waals surface area contributed by atoms with Gasteiger partial charge in [-0.2, -0.15) is 4.39 Å². The maximum absolute atomic E-state index is 12.7. The van der Waals surface area contributed by atoms with Crippen molar-refractivity contribution in [3.63, 3.8) is 0 Å². The van der Waals surface area contributed by atoms with Gasteiger partial charge in [-0.25, -0.2) is 0 Å². The largest absolute Gasteiger partial charge is 0.332 e. The molecule has 70 valence electrons. The zero-order valence-corrected chi connectivity index (χ0v) is 8.05. The quantitative estimate of drug-likeness (QED) is 0.687. The van der Waals surface area contributed by atoms with Crippen LogP contribution in [0.2, 0.25) is 0 Å². The molecule has 2 rings (SSSR count). The molecule has 0 atom stereocenters. The standard InChI is InChI=1S/C11H7FOS/c12-11(13)9-5-2-1-4-8(9)10-6-3-7-14-10/h1-7H. The third-order valence-electron chi connectivity index (χ3n) is 1.93. The molecule has 0 radical (unpaired) electrons. The van der Waals surface area contributed by atoms with E-state index in [1.165, 1.54) is 17.4 Å². The van der Waals surface area contributed by atoms with E-state index in [9.17, 15) is 9.18 Å². The highest BCUT2D eigenvalue weighted by Crippen LogP contribution is 2.28. The Bertz CT molecular complexity index is 448. The predicted octanol–water partition coefficient (Wildman–Crippen LogP) is 3.52. The average molecular weight is 206 g/mol. The number of thiophene rings is 1. The van der Waals surface area contributed by atoms with Gasteiger partial charge in [-0.05, 0) is 17.5 Å². The maximum atomic E-state index is 12.7. The van der Waals surface area contributed by atoms with Gasteiger partial charge in [-0.3, -0.25) is 4.79 Å². The van der Waals surface area contributed by atoms with Crippen molar-refractivity contribution in [1.82, 2.24) is 0 Å². The Balaban J connectivity index is 2.58. The lowest BCUT2D eigenvalue weighted by Crippen LogP contribution is -1.92. The summed E-state index contributed by atoms with van der Waals surface area (Å²) in [5, 5.41) is 1.90. The molecule has 0 aliphatic carbocycles. The van der Waals surface area contributed by atoms with Gasteiger partial charge in [-0.1, -0.05) is 24.3 Å². The number of carbonyl (C=O) groups is 1. The fourth-order valence-corrected chi connectivity index (χ4v) is 2.07. The summed E-state index contributed by atoms with van der Waals surface area (Å²) in [4.78, 5) is 11.6. The van der Waals surface area contributed by atoms with Crippen LogP contribution in [0, 0.1) is 0 Å². The maximum Gasteiger partial charge on any atom is 0.332 e.